The summed E-state index contributed by atoms with van der Waals surface area (Å²) in [5, 5.41) is 9.77. The highest BCUT2D eigenvalue weighted by Gasteiger charge is 2.11. The minimum Gasteiger partial charge on any atom is -0.508 e. The number of methoxy groups -OCH3 is 1. The van der Waals surface area contributed by atoms with Gasteiger partial charge in [-0.05, 0) is 12.1 Å². The van der Waals surface area contributed by atoms with Crippen molar-refractivity contribution in [2.75, 3.05) is 7.11 Å². The number of aromatic hydroxyl groups is 1. The second-order valence-electron chi connectivity index (χ2n) is 2.45. The first-order valence-electron chi connectivity index (χ1n) is 3.68. The van der Waals surface area contributed by atoms with Gasteiger partial charge in [-0.1, -0.05) is 11.6 Å². The molecule has 0 aliphatic heterocycles. The van der Waals surface area contributed by atoms with E-state index in [0.29, 0.717) is 22.6 Å². The number of rotatable bonds is 3. The number of halogens is 1. The van der Waals surface area contributed by atoms with E-state index in [2.05, 4.69) is 0 Å². The van der Waals surface area contributed by atoms with Crippen molar-refractivity contribution in [3.05, 3.63) is 22.7 Å². The van der Waals surface area contributed by atoms with E-state index < -0.39 is 0 Å². The molecule has 1 rings (SSSR count). The summed E-state index contributed by atoms with van der Waals surface area (Å²) in [7, 11) is 1.44. The van der Waals surface area contributed by atoms with Crippen molar-refractivity contribution in [3.8, 4) is 11.5 Å². The van der Waals surface area contributed by atoms with Crippen molar-refractivity contribution in [1.29, 1.82) is 0 Å². The zero-order valence-electron chi connectivity index (χ0n) is 7.08. The van der Waals surface area contributed by atoms with Crippen LogP contribution in [0.25, 0.3) is 0 Å². The van der Waals surface area contributed by atoms with Gasteiger partial charge in [0.2, 0.25) is 0 Å². The third-order valence-corrected chi connectivity index (χ3v) is 1.98. The van der Waals surface area contributed by atoms with Gasteiger partial charge in [-0.15, -0.1) is 0 Å². The van der Waals surface area contributed by atoms with Crippen LogP contribution in [0, 0.1) is 0 Å². The molecule has 13 heavy (non-hydrogen) atoms. The van der Waals surface area contributed by atoms with Gasteiger partial charge in [0.1, 0.15) is 17.8 Å². The van der Waals surface area contributed by atoms with Crippen molar-refractivity contribution < 1.29 is 14.6 Å². The Labute approximate surface area is 80.9 Å². The lowest BCUT2D eigenvalue weighted by molar-refractivity contribution is -0.107. The van der Waals surface area contributed by atoms with Crippen molar-refractivity contribution in [2.45, 2.75) is 6.42 Å². The molecule has 0 atom stereocenters. The van der Waals surface area contributed by atoms with Crippen LogP contribution in [0.2, 0.25) is 5.02 Å². The number of carbonyl (C=O) groups excluding carboxylic acids is 1. The average Bonchev–Trinajstić information content (AvgIpc) is 2.12. The highest BCUT2D eigenvalue weighted by atomic mass is 35.5. The maximum Gasteiger partial charge on any atom is 0.144 e. The van der Waals surface area contributed by atoms with Crippen LogP contribution in [0.5, 0.6) is 11.5 Å². The predicted molar refractivity (Wildman–Crippen MR) is 49.4 cm³/mol. The van der Waals surface area contributed by atoms with Gasteiger partial charge < -0.3 is 14.6 Å². The van der Waals surface area contributed by atoms with E-state index in [0.717, 1.165) is 0 Å². The molecular formula is C9H9ClO3. The maximum absolute atomic E-state index is 10.3. The number of benzene rings is 1. The Morgan fingerprint density at radius 3 is 2.85 bits per heavy atom. The Bertz CT molecular complexity index is 323. The molecule has 0 heterocycles. The van der Waals surface area contributed by atoms with Crippen LogP contribution >= 0.6 is 11.6 Å². The van der Waals surface area contributed by atoms with E-state index in [-0.39, 0.29) is 12.2 Å². The normalized spacial score (nSPS) is 9.69. The van der Waals surface area contributed by atoms with Gasteiger partial charge in [0.15, 0.2) is 0 Å². The summed E-state index contributed by atoms with van der Waals surface area (Å²) in [6, 6.07) is 2.95. The fourth-order valence-electron chi connectivity index (χ4n) is 1.09. The number of ether oxygens (including phenoxy) is 1. The van der Waals surface area contributed by atoms with Gasteiger partial charge in [0.05, 0.1) is 12.1 Å². The topological polar surface area (TPSA) is 46.5 Å². The number of aldehydes is 1. The molecule has 0 amide bonds. The second-order valence-corrected chi connectivity index (χ2v) is 2.86. The van der Waals surface area contributed by atoms with Crippen molar-refractivity contribution in [3.63, 3.8) is 0 Å². The van der Waals surface area contributed by atoms with Crippen LogP contribution in [0.1, 0.15) is 5.56 Å². The van der Waals surface area contributed by atoms with E-state index in [9.17, 15) is 9.90 Å². The lowest BCUT2D eigenvalue weighted by Crippen LogP contribution is -1.94. The molecule has 0 unspecified atom stereocenters. The van der Waals surface area contributed by atoms with E-state index in [4.69, 9.17) is 16.3 Å². The van der Waals surface area contributed by atoms with Gasteiger partial charge >= 0.3 is 0 Å². The van der Waals surface area contributed by atoms with Crippen molar-refractivity contribution in [1.82, 2.24) is 0 Å². The van der Waals surface area contributed by atoms with E-state index >= 15 is 0 Å². The first kappa shape index (κ1) is 9.86. The lowest BCUT2D eigenvalue weighted by atomic mass is 10.1. The molecule has 1 aromatic rings. The molecule has 0 spiro atoms. The standard InChI is InChI=1S/C9H9ClO3/c1-13-9-6(4-5-11)8(12)3-2-7(9)10/h2-3,5,12H,4H2,1H3. The predicted octanol–water partition coefficient (Wildman–Crippen LogP) is 1.80. The molecule has 0 aliphatic carbocycles. The molecule has 0 radical (unpaired) electrons. The minimum absolute atomic E-state index is 0.0216. The SMILES string of the molecule is COc1c(Cl)ccc(O)c1CC=O. The first-order valence-corrected chi connectivity index (χ1v) is 4.06. The van der Waals surface area contributed by atoms with Crippen LogP contribution in [0.3, 0.4) is 0 Å². The van der Waals surface area contributed by atoms with E-state index in [1.807, 2.05) is 0 Å². The maximum atomic E-state index is 10.3. The third kappa shape index (κ3) is 1.92. The van der Waals surface area contributed by atoms with Crippen LogP contribution < -0.4 is 4.74 Å². The highest BCUT2D eigenvalue weighted by molar-refractivity contribution is 6.32. The Kier molecular flexibility index (Phi) is 3.14. The quantitative estimate of drug-likeness (QED) is 0.757. The van der Waals surface area contributed by atoms with Gasteiger partial charge in [0.25, 0.3) is 0 Å². The smallest absolute Gasteiger partial charge is 0.144 e. The lowest BCUT2D eigenvalue weighted by Gasteiger charge is -2.09. The third-order valence-electron chi connectivity index (χ3n) is 1.68. The fourth-order valence-corrected chi connectivity index (χ4v) is 1.34. The number of phenols is 1. The Morgan fingerprint density at radius 1 is 1.62 bits per heavy atom. The summed E-state index contributed by atoms with van der Waals surface area (Å²) >= 11 is 5.79. The molecule has 0 saturated heterocycles. The molecule has 1 N–H and O–H groups in total. The van der Waals surface area contributed by atoms with Gasteiger partial charge in [-0.2, -0.15) is 0 Å². The van der Waals surface area contributed by atoms with Crippen molar-refractivity contribution >= 4 is 17.9 Å². The fraction of sp³-hybridized carbons (Fsp3) is 0.222. The largest absolute Gasteiger partial charge is 0.508 e. The number of carbonyl (C=O) groups is 1. The first-order chi connectivity index (χ1) is 6.20. The van der Waals surface area contributed by atoms with E-state index in [1.54, 1.807) is 0 Å². The molecule has 70 valence electrons. The Morgan fingerprint density at radius 2 is 2.31 bits per heavy atom. The molecule has 3 nitrogen and oxygen atoms in total. The summed E-state index contributed by atoms with van der Waals surface area (Å²) in [5.41, 5.74) is 0.421. The van der Waals surface area contributed by atoms with Crippen LogP contribution in [0.15, 0.2) is 12.1 Å². The summed E-state index contributed by atoms with van der Waals surface area (Å²) in [6.07, 6.45) is 0.781. The molecule has 0 bridgehead atoms. The van der Waals surface area contributed by atoms with Gasteiger partial charge in [-0.3, -0.25) is 0 Å². The number of hydrogen-bond donors (Lipinski definition) is 1. The summed E-state index contributed by atoms with van der Waals surface area (Å²) < 4.78 is 4.96. The monoisotopic (exact) mass is 200 g/mol. The summed E-state index contributed by atoms with van der Waals surface area (Å²) in [6.45, 7) is 0. The number of hydrogen-bond acceptors (Lipinski definition) is 3. The molecule has 0 fully saturated rings. The van der Waals surface area contributed by atoms with Crippen molar-refractivity contribution in [2.24, 2.45) is 0 Å². The van der Waals surface area contributed by atoms with Crippen LogP contribution in [-0.4, -0.2) is 18.5 Å². The van der Waals surface area contributed by atoms with Gasteiger partial charge in [-0.25, -0.2) is 0 Å². The summed E-state index contributed by atoms with van der Waals surface area (Å²) in [5.74, 6) is 0.377. The van der Waals surface area contributed by atoms with E-state index in [1.165, 1.54) is 19.2 Å². The Hall–Kier alpha value is -1.22. The Balaban J connectivity index is 3.25. The number of phenolic OH excluding ortho intramolecular Hbond substituents is 1. The highest BCUT2D eigenvalue weighted by Crippen LogP contribution is 2.34. The zero-order valence-corrected chi connectivity index (χ0v) is 7.84. The average molecular weight is 201 g/mol. The molecule has 0 saturated carbocycles. The molecule has 0 aliphatic rings. The summed E-state index contributed by atoms with van der Waals surface area (Å²) in [4.78, 5) is 10.3. The minimum atomic E-state index is 0.0216. The molecule has 4 heteroatoms. The van der Waals surface area contributed by atoms with Crippen LogP contribution in [-0.2, 0) is 11.2 Å². The molecule has 1 aromatic carbocycles. The van der Waals surface area contributed by atoms with Crippen LogP contribution in [0.4, 0.5) is 0 Å². The molecule has 0 aromatic heterocycles. The van der Waals surface area contributed by atoms with Gasteiger partial charge in [0, 0.05) is 12.0 Å². The molecular weight excluding hydrogens is 192 g/mol. The zero-order chi connectivity index (χ0) is 9.84. The second kappa shape index (κ2) is 4.14.